The lowest BCUT2D eigenvalue weighted by Crippen LogP contribution is -2.34. The summed E-state index contributed by atoms with van der Waals surface area (Å²) in [6.45, 7) is 3.23. The molecule has 2 aromatic carbocycles. The van der Waals surface area contributed by atoms with Gasteiger partial charge in [-0.15, -0.1) is 0 Å². The van der Waals surface area contributed by atoms with Gasteiger partial charge in [-0.05, 0) is 30.2 Å². The summed E-state index contributed by atoms with van der Waals surface area (Å²) in [5, 5.41) is 3.05. The molecule has 1 aliphatic rings. The van der Waals surface area contributed by atoms with E-state index in [-0.39, 0.29) is 17.9 Å². The lowest BCUT2D eigenvalue weighted by molar-refractivity contribution is -0.125. The summed E-state index contributed by atoms with van der Waals surface area (Å²) in [7, 11) is 0. The van der Waals surface area contributed by atoms with Gasteiger partial charge in [0.05, 0.1) is 12.0 Å². The van der Waals surface area contributed by atoms with Crippen LogP contribution in [0.1, 0.15) is 22.7 Å². The molecule has 0 aromatic heterocycles. The molecule has 2 unspecified atom stereocenters. The Labute approximate surface area is 144 Å². The van der Waals surface area contributed by atoms with Crippen LogP contribution in [0.4, 0.5) is 0 Å². The molecule has 1 heterocycles. The van der Waals surface area contributed by atoms with Crippen molar-refractivity contribution in [1.29, 1.82) is 0 Å². The van der Waals surface area contributed by atoms with Gasteiger partial charge in [-0.1, -0.05) is 57.9 Å². The first kappa shape index (κ1) is 16.2. The lowest BCUT2D eigenvalue weighted by Gasteiger charge is -2.19. The maximum atomic E-state index is 12.6. The molecule has 23 heavy (non-hydrogen) atoms. The molecule has 0 spiro atoms. The van der Waals surface area contributed by atoms with E-state index in [0.29, 0.717) is 13.1 Å². The first-order valence-electron chi connectivity index (χ1n) is 7.70. The Balaban J connectivity index is 1.66. The number of carbonyl (C=O) groups excluding carboxylic acids is 1. The zero-order valence-corrected chi connectivity index (χ0v) is 14.6. The van der Waals surface area contributed by atoms with Crippen molar-refractivity contribution >= 4 is 21.8 Å². The van der Waals surface area contributed by atoms with Crippen molar-refractivity contribution in [2.24, 2.45) is 5.92 Å². The zero-order chi connectivity index (χ0) is 16.2. The Kier molecular flexibility index (Phi) is 5.10. The van der Waals surface area contributed by atoms with Crippen LogP contribution in [-0.4, -0.2) is 12.5 Å². The molecule has 5 heteroatoms. The number of nitrogens with one attached hydrogen (secondary N) is 3. The average molecular weight is 374 g/mol. The molecule has 2 aromatic rings. The number of halogens is 1. The summed E-state index contributed by atoms with van der Waals surface area (Å²) < 4.78 is 1.02. The normalized spacial score (nSPS) is 20.4. The van der Waals surface area contributed by atoms with Gasteiger partial charge in [0, 0.05) is 17.6 Å². The SMILES string of the molecule is Cc1cccc(CNC(=O)C2CNNC2c2cccc(Br)c2)c1. The van der Waals surface area contributed by atoms with Gasteiger partial charge in [0.1, 0.15) is 0 Å². The Morgan fingerprint density at radius 3 is 2.87 bits per heavy atom. The molecule has 3 rings (SSSR count). The lowest BCUT2D eigenvalue weighted by atomic mass is 9.94. The number of hydrogen-bond donors (Lipinski definition) is 3. The van der Waals surface area contributed by atoms with Crippen LogP contribution in [0.3, 0.4) is 0 Å². The standard InChI is InChI=1S/C18H20BrN3O/c1-12-4-2-5-13(8-12)10-20-18(23)16-11-21-22-17(16)14-6-3-7-15(19)9-14/h2-9,16-17,21-22H,10-11H2,1H3,(H,20,23). The molecule has 1 aliphatic heterocycles. The fourth-order valence-corrected chi connectivity index (χ4v) is 3.32. The van der Waals surface area contributed by atoms with E-state index in [1.165, 1.54) is 5.56 Å². The molecule has 1 fully saturated rings. The molecule has 0 radical (unpaired) electrons. The third kappa shape index (κ3) is 3.99. The minimum atomic E-state index is -0.130. The van der Waals surface area contributed by atoms with Crippen molar-refractivity contribution in [2.45, 2.75) is 19.5 Å². The molecule has 120 valence electrons. The summed E-state index contributed by atoms with van der Waals surface area (Å²) in [5.74, 6) is -0.0666. The van der Waals surface area contributed by atoms with E-state index in [1.807, 2.05) is 36.4 Å². The van der Waals surface area contributed by atoms with Crippen LogP contribution >= 0.6 is 15.9 Å². The van der Waals surface area contributed by atoms with Crippen molar-refractivity contribution in [2.75, 3.05) is 6.54 Å². The van der Waals surface area contributed by atoms with Gasteiger partial charge in [-0.25, -0.2) is 5.43 Å². The average Bonchev–Trinajstić information content (AvgIpc) is 3.02. The molecular weight excluding hydrogens is 354 g/mol. The molecular formula is C18H20BrN3O. The first-order chi connectivity index (χ1) is 11.1. The summed E-state index contributed by atoms with van der Waals surface area (Å²) in [5.41, 5.74) is 9.73. The number of amides is 1. The van der Waals surface area contributed by atoms with Crippen LogP contribution in [0.25, 0.3) is 0 Å². The minimum absolute atomic E-state index is 0.0231. The predicted molar refractivity (Wildman–Crippen MR) is 94.5 cm³/mol. The van der Waals surface area contributed by atoms with Gasteiger partial charge in [0.2, 0.25) is 5.91 Å². The largest absolute Gasteiger partial charge is 0.352 e. The van der Waals surface area contributed by atoms with Gasteiger partial charge in [0.15, 0.2) is 0 Å². The maximum Gasteiger partial charge on any atom is 0.226 e. The second-order valence-electron chi connectivity index (χ2n) is 5.87. The highest BCUT2D eigenvalue weighted by molar-refractivity contribution is 9.10. The number of benzene rings is 2. The van der Waals surface area contributed by atoms with E-state index in [1.54, 1.807) is 0 Å². The summed E-state index contributed by atoms with van der Waals surface area (Å²) in [6.07, 6.45) is 0. The molecule has 4 nitrogen and oxygen atoms in total. The quantitative estimate of drug-likeness (QED) is 0.772. The fraction of sp³-hybridized carbons (Fsp3) is 0.278. The van der Waals surface area contributed by atoms with Crippen molar-refractivity contribution in [3.05, 3.63) is 69.7 Å². The number of carbonyl (C=O) groups is 1. The maximum absolute atomic E-state index is 12.6. The van der Waals surface area contributed by atoms with E-state index < -0.39 is 0 Å². The van der Waals surface area contributed by atoms with Gasteiger partial charge >= 0.3 is 0 Å². The number of hydrogen-bond acceptors (Lipinski definition) is 3. The van der Waals surface area contributed by atoms with Gasteiger partial charge in [-0.2, -0.15) is 0 Å². The van der Waals surface area contributed by atoms with E-state index in [4.69, 9.17) is 0 Å². The zero-order valence-electron chi connectivity index (χ0n) is 13.0. The Bertz CT molecular complexity index is 704. The van der Waals surface area contributed by atoms with E-state index in [9.17, 15) is 4.79 Å². The second kappa shape index (κ2) is 7.25. The van der Waals surface area contributed by atoms with Crippen molar-refractivity contribution in [3.63, 3.8) is 0 Å². The Morgan fingerprint density at radius 2 is 2.09 bits per heavy atom. The van der Waals surface area contributed by atoms with Crippen molar-refractivity contribution in [3.8, 4) is 0 Å². The number of hydrazine groups is 1. The number of aryl methyl sites for hydroxylation is 1. The molecule has 3 N–H and O–H groups in total. The van der Waals surface area contributed by atoms with Crippen molar-refractivity contribution in [1.82, 2.24) is 16.2 Å². The van der Waals surface area contributed by atoms with Gasteiger partial charge in [0.25, 0.3) is 0 Å². The molecule has 1 saturated heterocycles. The van der Waals surface area contributed by atoms with E-state index in [2.05, 4.69) is 51.2 Å². The third-order valence-electron chi connectivity index (χ3n) is 4.08. The van der Waals surface area contributed by atoms with Gasteiger partial charge in [-0.3, -0.25) is 10.2 Å². The molecule has 0 saturated carbocycles. The van der Waals surface area contributed by atoms with Crippen LogP contribution in [0, 0.1) is 12.8 Å². The smallest absolute Gasteiger partial charge is 0.226 e. The summed E-state index contributed by atoms with van der Waals surface area (Å²) in [6, 6.07) is 16.2. The second-order valence-corrected chi connectivity index (χ2v) is 6.79. The fourth-order valence-electron chi connectivity index (χ4n) is 2.90. The molecule has 0 bridgehead atoms. The van der Waals surface area contributed by atoms with E-state index in [0.717, 1.165) is 15.6 Å². The summed E-state index contributed by atoms with van der Waals surface area (Å²) in [4.78, 5) is 12.6. The van der Waals surface area contributed by atoms with Crippen molar-refractivity contribution < 1.29 is 4.79 Å². The highest BCUT2D eigenvalue weighted by Crippen LogP contribution is 2.27. The topological polar surface area (TPSA) is 53.2 Å². The molecule has 2 atom stereocenters. The highest BCUT2D eigenvalue weighted by atomic mass is 79.9. The summed E-state index contributed by atoms with van der Waals surface area (Å²) >= 11 is 3.49. The van der Waals surface area contributed by atoms with Crippen LogP contribution in [0.5, 0.6) is 0 Å². The van der Waals surface area contributed by atoms with Crippen LogP contribution in [0.2, 0.25) is 0 Å². The molecule has 0 aliphatic carbocycles. The van der Waals surface area contributed by atoms with Gasteiger partial charge < -0.3 is 5.32 Å². The first-order valence-corrected chi connectivity index (χ1v) is 8.50. The molecule has 1 amide bonds. The Hall–Kier alpha value is -1.69. The van der Waals surface area contributed by atoms with Crippen LogP contribution in [-0.2, 0) is 11.3 Å². The monoisotopic (exact) mass is 373 g/mol. The minimum Gasteiger partial charge on any atom is -0.352 e. The van der Waals surface area contributed by atoms with Crippen LogP contribution < -0.4 is 16.2 Å². The highest BCUT2D eigenvalue weighted by Gasteiger charge is 2.33. The van der Waals surface area contributed by atoms with E-state index >= 15 is 0 Å². The third-order valence-corrected chi connectivity index (χ3v) is 4.57. The Morgan fingerprint density at radius 1 is 1.26 bits per heavy atom. The number of rotatable bonds is 4. The predicted octanol–water partition coefficient (Wildman–Crippen LogP) is 2.84. The van der Waals surface area contributed by atoms with Crippen LogP contribution in [0.15, 0.2) is 53.0 Å².